The van der Waals surface area contributed by atoms with E-state index < -0.39 is 18.5 Å². The maximum absolute atomic E-state index is 12.2. The van der Waals surface area contributed by atoms with Crippen LogP contribution in [0.3, 0.4) is 0 Å². The van der Waals surface area contributed by atoms with E-state index in [9.17, 15) is 14.4 Å². The molecule has 0 bridgehead atoms. The largest absolute Gasteiger partial charge is 0.452 e. The molecule has 0 heterocycles. The zero-order valence-corrected chi connectivity index (χ0v) is 17.4. The molecule has 0 fully saturated rings. The Labute approximate surface area is 171 Å². The smallest absolute Gasteiger partial charge is 0.338 e. The number of hydrogen-bond acceptors (Lipinski definition) is 4. The average Bonchev–Trinajstić information content (AvgIpc) is 2.72. The van der Waals surface area contributed by atoms with Gasteiger partial charge in [-0.05, 0) is 41.7 Å². The lowest BCUT2D eigenvalue weighted by molar-refractivity contribution is -0.136. The first-order valence-corrected chi connectivity index (χ1v) is 9.70. The summed E-state index contributed by atoms with van der Waals surface area (Å²) in [5.74, 6) is -0.956. The lowest BCUT2D eigenvalue weighted by Gasteiger charge is -2.17. The molecule has 0 aliphatic carbocycles. The average molecular weight is 396 g/mol. The van der Waals surface area contributed by atoms with Gasteiger partial charge < -0.3 is 15.0 Å². The topological polar surface area (TPSA) is 75.7 Å². The normalized spacial score (nSPS) is 10.5. The first-order chi connectivity index (χ1) is 13.8. The molecule has 6 nitrogen and oxygen atoms in total. The summed E-state index contributed by atoms with van der Waals surface area (Å²) >= 11 is 0. The van der Waals surface area contributed by atoms with Crippen molar-refractivity contribution in [2.24, 2.45) is 0 Å². The first kappa shape index (κ1) is 22.1. The Morgan fingerprint density at radius 2 is 1.69 bits per heavy atom. The molecule has 0 saturated carbocycles. The molecule has 2 amide bonds. The van der Waals surface area contributed by atoms with Crippen molar-refractivity contribution in [2.75, 3.05) is 25.5 Å². The fraction of sp³-hybridized carbons (Fsp3) is 0.348. The number of nitrogens with zero attached hydrogens (tertiary/aromatic N) is 1. The monoisotopic (exact) mass is 396 g/mol. The molecule has 0 radical (unpaired) electrons. The quantitative estimate of drug-likeness (QED) is 0.692. The van der Waals surface area contributed by atoms with Crippen LogP contribution in [0, 0.1) is 0 Å². The molecule has 2 rings (SSSR count). The van der Waals surface area contributed by atoms with Crippen LogP contribution in [0.5, 0.6) is 0 Å². The number of rotatable bonds is 8. The summed E-state index contributed by atoms with van der Waals surface area (Å²) < 4.78 is 5.09. The SMILES string of the molecule is CCc1ccccc1NC(=O)CN(C)C(=O)COC(=O)c1ccc(C(C)C)cc1. The molecule has 0 aromatic heterocycles. The second kappa shape index (κ2) is 10.4. The van der Waals surface area contributed by atoms with Crippen LogP contribution in [0.2, 0.25) is 0 Å². The number of benzene rings is 2. The number of hydrogen-bond donors (Lipinski definition) is 1. The molecule has 0 unspecified atom stereocenters. The highest BCUT2D eigenvalue weighted by atomic mass is 16.5. The Hall–Kier alpha value is -3.15. The molecule has 0 spiro atoms. The number of aryl methyl sites for hydroxylation is 1. The lowest BCUT2D eigenvalue weighted by atomic mass is 10.0. The number of esters is 1. The molecule has 29 heavy (non-hydrogen) atoms. The number of nitrogens with one attached hydrogen (secondary N) is 1. The van der Waals surface area contributed by atoms with E-state index in [1.54, 1.807) is 12.1 Å². The number of ether oxygens (including phenoxy) is 1. The van der Waals surface area contributed by atoms with Crippen LogP contribution in [-0.2, 0) is 20.7 Å². The third kappa shape index (κ3) is 6.45. The summed E-state index contributed by atoms with van der Waals surface area (Å²) in [4.78, 5) is 37.8. The summed E-state index contributed by atoms with van der Waals surface area (Å²) in [5.41, 5.74) is 3.26. The molecule has 2 aromatic rings. The molecule has 0 saturated heterocycles. The molecule has 0 atom stereocenters. The number of anilines is 1. The van der Waals surface area contributed by atoms with E-state index in [1.165, 1.54) is 11.9 Å². The zero-order valence-electron chi connectivity index (χ0n) is 17.4. The summed E-state index contributed by atoms with van der Waals surface area (Å²) in [7, 11) is 1.50. The predicted octanol–water partition coefficient (Wildman–Crippen LogP) is 3.63. The highest BCUT2D eigenvalue weighted by Gasteiger charge is 2.16. The van der Waals surface area contributed by atoms with Crippen molar-refractivity contribution in [3.05, 3.63) is 65.2 Å². The Bertz CT molecular complexity index is 859. The van der Waals surface area contributed by atoms with Crippen molar-refractivity contribution in [1.29, 1.82) is 0 Å². The Morgan fingerprint density at radius 3 is 2.31 bits per heavy atom. The van der Waals surface area contributed by atoms with Gasteiger partial charge in [0.1, 0.15) is 0 Å². The molecule has 2 aromatic carbocycles. The summed E-state index contributed by atoms with van der Waals surface area (Å²) in [6.45, 7) is 5.60. The van der Waals surface area contributed by atoms with Gasteiger partial charge in [0.15, 0.2) is 6.61 Å². The summed E-state index contributed by atoms with van der Waals surface area (Å²) in [6, 6.07) is 14.6. The van der Waals surface area contributed by atoms with E-state index in [-0.39, 0.29) is 12.5 Å². The van der Waals surface area contributed by atoms with Crippen molar-refractivity contribution >= 4 is 23.5 Å². The summed E-state index contributed by atoms with van der Waals surface area (Å²) in [5, 5.41) is 2.81. The van der Waals surface area contributed by atoms with Crippen LogP contribution >= 0.6 is 0 Å². The van der Waals surface area contributed by atoms with E-state index in [0.717, 1.165) is 23.2 Å². The van der Waals surface area contributed by atoms with E-state index in [1.807, 2.05) is 43.3 Å². The Morgan fingerprint density at radius 1 is 1.03 bits per heavy atom. The van der Waals surface area contributed by atoms with Gasteiger partial charge in [0, 0.05) is 12.7 Å². The van der Waals surface area contributed by atoms with Crippen molar-refractivity contribution in [3.8, 4) is 0 Å². The van der Waals surface area contributed by atoms with Gasteiger partial charge in [-0.1, -0.05) is 51.1 Å². The molecule has 0 aliphatic heterocycles. The molecular formula is C23H28N2O4. The highest BCUT2D eigenvalue weighted by molar-refractivity contribution is 5.96. The Kier molecular flexibility index (Phi) is 7.95. The predicted molar refractivity (Wildman–Crippen MR) is 113 cm³/mol. The van der Waals surface area contributed by atoms with Crippen molar-refractivity contribution in [2.45, 2.75) is 33.1 Å². The standard InChI is InChI=1S/C23H28N2O4/c1-5-17-8-6-7-9-20(17)24-21(26)14-25(4)22(27)15-29-23(28)19-12-10-18(11-13-19)16(2)3/h6-13,16H,5,14-15H2,1-4H3,(H,24,26). The number of likely N-dealkylation sites (N-methyl/N-ethyl adjacent to an activating group) is 1. The third-order valence-corrected chi connectivity index (χ3v) is 4.62. The summed E-state index contributed by atoms with van der Waals surface area (Å²) in [6.07, 6.45) is 0.791. The zero-order chi connectivity index (χ0) is 21.4. The number of carbonyl (C=O) groups is 3. The van der Waals surface area contributed by atoms with E-state index in [2.05, 4.69) is 19.2 Å². The van der Waals surface area contributed by atoms with Gasteiger partial charge in [0.2, 0.25) is 5.91 Å². The fourth-order valence-corrected chi connectivity index (χ4v) is 2.77. The molecular weight excluding hydrogens is 368 g/mol. The molecule has 6 heteroatoms. The van der Waals surface area contributed by atoms with Crippen LogP contribution in [0.1, 0.15) is 48.2 Å². The van der Waals surface area contributed by atoms with Gasteiger partial charge in [-0.2, -0.15) is 0 Å². The highest BCUT2D eigenvalue weighted by Crippen LogP contribution is 2.16. The number of para-hydroxylation sites is 1. The number of amides is 2. The first-order valence-electron chi connectivity index (χ1n) is 9.70. The minimum atomic E-state index is -0.566. The van der Waals surface area contributed by atoms with E-state index >= 15 is 0 Å². The van der Waals surface area contributed by atoms with Crippen molar-refractivity contribution in [3.63, 3.8) is 0 Å². The molecule has 154 valence electrons. The minimum absolute atomic E-state index is 0.127. The van der Waals surface area contributed by atoms with Crippen LogP contribution in [0.25, 0.3) is 0 Å². The second-order valence-corrected chi connectivity index (χ2v) is 7.16. The van der Waals surface area contributed by atoms with E-state index in [4.69, 9.17) is 4.74 Å². The maximum Gasteiger partial charge on any atom is 0.338 e. The van der Waals surface area contributed by atoms with Gasteiger partial charge in [-0.25, -0.2) is 4.79 Å². The van der Waals surface area contributed by atoms with Crippen LogP contribution in [0.15, 0.2) is 48.5 Å². The van der Waals surface area contributed by atoms with Gasteiger partial charge in [0.25, 0.3) is 5.91 Å². The van der Waals surface area contributed by atoms with Crippen LogP contribution < -0.4 is 5.32 Å². The van der Waals surface area contributed by atoms with Crippen LogP contribution in [-0.4, -0.2) is 42.9 Å². The fourth-order valence-electron chi connectivity index (χ4n) is 2.77. The maximum atomic E-state index is 12.2. The van der Waals surface area contributed by atoms with Gasteiger partial charge in [-0.3, -0.25) is 9.59 Å². The van der Waals surface area contributed by atoms with Crippen LogP contribution in [0.4, 0.5) is 5.69 Å². The van der Waals surface area contributed by atoms with Gasteiger partial charge >= 0.3 is 5.97 Å². The van der Waals surface area contributed by atoms with E-state index in [0.29, 0.717) is 11.5 Å². The van der Waals surface area contributed by atoms with Gasteiger partial charge in [0.05, 0.1) is 12.1 Å². The lowest BCUT2D eigenvalue weighted by Crippen LogP contribution is -2.37. The molecule has 0 aliphatic rings. The van der Waals surface area contributed by atoms with Gasteiger partial charge in [-0.15, -0.1) is 0 Å². The number of carbonyl (C=O) groups excluding carboxylic acids is 3. The van der Waals surface area contributed by atoms with Crippen molar-refractivity contribution in [1.82, 2.24) is 4.90 Å². The molecule has 1 N–H and O–H groups in total. The minimum Gasteiger partial charge on any atom is -0.452 e. The third-order valence-electron chi connectivity index (χ3n) is 4.62. The van der Waals surface area contributed by atoms with Crippen molar-refractivity contribution < 1.29 is 19.1 Å². The Balaban J connectivity index is 1.83. The second-order valence-electron chi connectivity index (χ2n) is 7.16.